The molecule has 0 saturated carbocycles. The lowest BCUT2D eigenvalue weighted by molar-refractivity contribution is -0.139. The summed E-state index contributed by atoms with van der Waals surface area (Å²) in [7, 11) is 0. The molecule has 140 valence electrons. The number of amides is 2. The molecule has 0 bridgehead atoms. The molecule has 8 heteroatoms. The Morgan fingerprint density at radius 1 is 1.22 bits per heavy atom. The molecule has 0 aliphatic carbocycles. The van der Waals surface area contributed by atoms with Crippen LogP contribution in [0.5, 0.6) is 5.75 Å². The van der Waals surface area contributed by atoms with Crippen molar-refractivity contribution in [1.29, 1.82) is 0 Å². The molecular formula is C19H17ClFN3O3. The van der Waals surface area contributed by atoms with Crippen molar-refractivity contribution < 1.29 is 18.7 Å². The quantitative estimate of drug-likeness (QED) is 0.331. The normalized spacial score (nSPS) is 10.4. The van der Waals surface area contributed by atoms with E-state index in [4.69, 9.17) is 16.3 Å². The molecule has 27 heavy (non-hydrogen) atoms. The van der Waals surface area contributed by atoms with Crippen LogP contribution < -0.4 is 15.5 Å². The number of hydrogen-bond donors (Lipinski definition) is 2. The smallest absolute Gasteiger partial charge is 0.329 e. The molecule has 0 aromatic heterocycles. The monoisotopic (exact) mass is 389 g/mol. The van der Waals surface area contributed by atoms with E-state index in [1.807, 2.05) is 0 Å². The summed E-state index contributed by atoms with van der Waals surface area (Å²) in [6.45, 7) is 3.64. The summed E-state index contributed by atoms with van der Waals surface area (Å²) in [6, 6.07) is 11.1. The topological polar surface area (TPSA) is 79.8 Å². The summed E-state index contributed by atoms with van der Waals surface area (Å²) in [5.74, 6) is -1.69. The number of ether oxygens (including phenoxy) is 1. The molecule has 2 N–H and O–H groups in total. The Hall–Kier alpha value is -3.19. The van der Waals surface area contributed by atoms with Crippen molar-refractivity contribution >= 4 is 29.6 Å². The lowest BCUT2D eigenvalue weighted by atomic mass is 10.2. The van der Waals surface area contributed by atoms with Crippen LogP contribution in [0.1, 0.15) is 11.1 Å². The Labute approximate surface area is 160 Å². The molecule has 0 fully saturated rings. The summed E-state index contributed by atoms with van der Waals surface area (Å²) in [5.41, 5.74) is 3.08. The first kappa shape index (κ1) is 20.1. The second kappa shape index (κ2) is 10.1. The zero-order valence-corrected chi connectivity index (χ0v) is 15.0. The molecule has 0 atom stereocenters. The number of rotatable bonds is 7. The second-order valence-corrected chi connectivity index (χ2v) is 5.67. The molecule has 0 saturated heterocycles. The summed E-state index contributed by atoms with van der Waals surface area (Å²) in [4.78, 5) is 22.8. The summed E-state index contributed by atoms with van der Waals surface area (Å²) in [5, 5.41) is 6.30. The highest BCUT2D eigenvalue weighted by molar-refractivity contribution is 6.35. The molecule has 0 heterocycles. The van der Waals surface area contributed by atoms with E-state index in [9.17, 15) is 14.0 Å². The van der Waals surface area contributed by atoms with Crippen LogP contribution in [-0.2, 0) is 16.2 Å². The van der Waals surface area contributed by atoms with Gasteiger partial charge in [0.25, 0.3) is 0 Å². The largest absolute Gasteiger partial charge is 0.487 e. The molecule has 2 aromatic carbocycles. The van der Waals surface area contributed by atoms with Gasteiger partial charge >= 0.3 is 11.8 Å². The fourth-order valence-corrected chi connectivity index (χ4v) is 2.19. The molecule has 2 rings (SSSR count). The maximum atomic E-state index is 13.6. The lowest BCUT2D eigenvalue weighted by Gasteiger charge is -2.09. The first-order valence-electron chi connectivity index (χ1n) is 7.89. The van der Waals surface area contributed by atoms with Crippen molar-refractivity contribution in [3.63, 3.8) is 0 Å². The lowest BCUT2D eigenvalue weighted by Crippen LogP contribution is -2.37. The maximum absolute atomic E-state index is 13.6. The fourth-order valence-electron chi connectivity index (χ4n) is 1.95. The van der Waals surface area contributed by atoms with Crippen molar-refractivity contribution in [2.75, 3.05) is 6.54 Å². The molecule has 6 nitrogen and oxygen atoms in total. The summed E-state index contributed by atoms with van der Waals surface area (Å²) in [6.07, 6.45) is 2.78. The van der Waals surface area contributed by atoms with Crippen molar-refractivity contribution in [3.05, 3.63) is 77.1 Å². The van der Waals surface area contributed by atoms with Gasteiger partial charge in [-0.25, -0.2) is 9.82 Å². The predicted octanol–water partition coefficient (Wildman–Crippen LogP) is 2.81. The third-order valence-corrected chi connectivity index (χ3v) is 3.59. The van der Waals surface area contributed by atoms with E-state index in [0.717, 1.165) is 0 Å². The van der Waals surface area contributed by atoms with E-state index >= 15 is 0 Å². The number of hydrazone groups is 1. The van der Waals surface area contributed by atoms with Crippen LogP contribution in [0, 0.1) is 5.82 Å². The summed E-state index contributed by atoms with van der Waals surface area (Å²) >= 11 is 6.14. The van der Waals surface area contributed by atoms with E-state index < -0.39 is 11.8 Å². The van der Waals surface area contributed by atoms with Crippen LogP contribution >= 0.6 is 11.6 Å². The minimum Gasteiger partial charge on any atom is -0.487 e. The van der Waals surface area contributed by atoms with E-state index in [2.05, 4.69) is 22.4 Å². The Kier molecular flexibility index (Phi) is 7.51. The molecular weight excluding hydrogens is 373 g/mol. The van der Waals surface area contributed by atoms with Gasteiger partial charge in [-0.3, -0.25) is 9.59 Å². The van der Waals surface area contributed by atoms with Crippen molar-refractivity contribution in [3.8, 4) is 5.75 Å². The van der Waals surface area contributed by atoms with Gasteiger partial charge in [-0.1, -0.05) is 35.9 Å². The molecule has 2 amide bonds. The third-order valence-electron chi connectivity index (χ3n) is 3.29. The third kappa shape index (κ3) is 6.23. The SMILES string of the molecule is C=CCNC(=O)C(=O)N/N=C\c1ccc(OCc2ccccc2F)c(Cl)c1. The van der Waals surface area contributed by atoms with Gasteiger partial charge in [0.1, 0.15) is 18.2 Å². The van der Waals surface area contributed by atoms with Gasteiger partial charge in [0.2, 0.25) is 0 Å². The molecule has 0 unspecified atom stereocenters. The zero-order valence-electron chi connectivity index (χ0n) is 14.2. The van der Waals surface area contributed by atoms with Crippen molar-refractivity contribution in [2.45, 2.75) is 6.61 Å². The van der Waals surface area contributed by atoms with Crippen molar-refractivity contribution in [1.82, 2.24) is 10.7 Å². The second-order valence-electron chi connectivity index (χ2n) is 5.27. The van der Waals surface area contributed by atoms with Gasteiger partial charge in [-0.05, 0) is 29.8 Å². The van der Waals surface area contributed by atoms with Gasteiger partial charge < -0.3 is 10.1 Å². The van der Waals surface area contributed by atoms with Crippen molar-refractivity contribution in [2.24, 2.45) is 5.10 Å². The molecule has 2 aromatic rings. The molecule has 0 aliphatic rings. The van der Waals surface area contributed by atoms with Gasteiger partial charge in [0, 0.05) is 12.1 Å². The minimum absolute atomic E-state index is 0.0374. The Bertz CT molecular complexity index is 871. The number of nitrogens with zero attached hydrogens (tertiary/aromatic N) is 1. The standard InChI is InChI=1S/C19H17ClFN3O3/c1-2-9-22-18(25)19(26)24-23-11-13-7-8-17(15(20)10-13)27-12-14-5-3-4-6-16(14)21/h2-8,10-11H,1,9,12H2,(H,22,25)(H,24,26)/b23-11-. The van der Waals surface area contributed by atoms with Crippen LogP contribution in [0.2, 0.25) is 5.02 Å². The number of benzene rings is 2. The van der Waals surface area contributed by atoms with Crippen LogP contribution in [0.15, 0.2) is 60.2 Å². The Balaban J connectivity index is 1.92. The highest BCUT2D eigenvalue weighted by atomic mass is 35.5. The van der Waals surface area contributed by atoms with Crippen LogP contribution in [0.25, 0.3) is 0 Å². The highest BCUT2D eigenvalue weighted by Crippen LogP contribution is 2.26. The highest BCUT2D eigenvalue weighted by Gasteiger charge is 2.10. The van der Waals surface area contributed by atoms with Gasteiger partial charge in [-0.15, -0.1) is 6.58 Å². The number of carbonyl (C=O) groups excluding carboxylic acids is 2. The number of carbonyl (C=O) groups is 2. The van der Waals surface area contributed by atoms with Crippen LogP contribution in [-0.4, -0.2) is 24.6 Å². The van der Waals surface area contributed by atoms with Crippen LogP contribution in [0.4, 0.5) is 4.39 Å². The fraction of sp³-hybridized carbons (Fsp3) is 0.105. The van der Waals surface area contributed by atoms with Gasteiger partial charge in [0.05, 0.1) is 11.2 Å². The summed E-state index contributed by atoms with van der Waals surface area (Å²) < 4.78 is 19.1. The molecule has 0 aliphatic heterocycles. The average molecular weight is 390 g/mol. The minimum atomic E-state index is -0.899. The number of nitrogens with one attached hydrogen (secondary N) is 2. The van der Waals surface area contributed by atoms with E-state index in [1.165, 1.54) is 18.4 Å². The molecule has 0 spiro atoms. The van der Waals surface area contributed by atoms with Crippen LogP contribution in [0.3, 0.4) is 0 Å². The number of halogens is 2. The predicted molar refractivity (Wildman–Crippen MR) is 101 cm³/mol. The Morgan fingerprint density at radius 3 is 2.70 bits per heavy atom. The maximum Gasteiger partial charge on any atom is 0.329 e. The molecule has 0 radical (unpaired) electrons. The van der Waals surface area contributed by atoms with E-state index in [1.54, 1.807) is 36.4 Å². The van der Waals surface area contributed by atoms with E-state index in [0.29, 0.717) is 21.9 Å². The first-order valence-corrected chi connectivity index (χ1v) is 8.27. The zero-order chi connectivity index (χ0) is 19.6. The van der Waals surface area contributed by atoms with Gasteiger partial charge in [0.15, 0.2) is 0 Å². The average Bonchev–Trinajstić information content (AvgIpc) is 2.66. The van der Waals surface area contributed by atoms with E-state index in [-0.39, 0.29) is 19.0 Å². The van der Waals surface area contributed by atoms with Gasteiger partial charge in [-0.2, -0.15) is 5.10 Å². The Morgan fingerprint density at radius 2 is 2.00 bits per heavy atom. The number of hydrogen-bond acceptors (Lipinski definition) is 4. The first-order chi connectivity index (χ1) is 13.0.